The topological polar surface area (TPSA) is 67.4 Å². The van der Waals surface area contributed by atoms with Crippen molar-refractivity contribution in [2.75, 3.05) is 0 Å². The molecule has 0 rings (SSSR count). The van der Waals surface area contributed by atoms with Gasteiger partial charge in [0.15, 0.2) is 0 Å². The molecule has 0 bridgehead atoms. The number of allylic oxidation sites excluding steroid dienone is 1. The van der Waals surface area contributed by atoms with E-state index in [1.54, 1.807) is 20.8 Å². The number of ether oxygens (including phenoxy) is 1. The molecule has 0 aliphatic heterocycles. The molecule has 1 atom stereocenters. The lowest BCUT2D eigenvalue weighted by Gasteiger charge is -2.21. The van der Waals surface area contributed by atoms with Crippen molar-refractivity contribution in [3.8, 4) is 0 Å². The van der Waals surface area contributed by atoms with E-state index in [9.17, 15) is 9.59 Å². The predicted molar refractivity (Wildman–Crippen MR) is 66.4 cm³/mol. The van der Waals surface area contributed by atoms with Crippen LogP contribution < -0.4 is 10.9 Å². The molecule has 0 fully saturated rings. The standard InChI is InChI=1S/C12H22N2O3/c1-5-6-7-10(8-9-15)13-14-11(16)17-12(2,3)4/h6-7,9-10,13H,5,8H2,1-4H3,(H,14,16). The Morgan fingerprint density at radius 1 is 1.41 bits per heavy atom. The summed E-state index contributed by atoms with van der Waals surface area (Å²) in [5.41, 5.74) is 4.61. The fourth-order valence-corrected chi connectivity index (χ4v) is 1.04. The summed E-state index contributed by atoms with van der Waals surface area (Å²) in [6.07, 6.45) is 5.19. The van der Waals surface area contributed by atoms with Gasteiger partial charge < -0.3 is 9.53 Å². The van der Waals surface area contributed by atoms with Crippen LogP contribution in [-0.2, 0) is 9.53 Å². The zero-order valence-electron chi connectivity index (χ0n) is 10.9. The molecule has 0 aromatic rings. The van der Waals surface area contributed by atoms with Crippen LogP contribution in [0.15, 0.2) is 12.2 Å². The Morgan fingerprint density at radius 3 is 2.53 bits per heavy atom. The first-order valence-corrected chi connectivity index (χ1v) is 5.74. The van der Waals surface area contributed by atoms with E-state index in [-0.39, 0.29) is 6.04 Å². The van der Waals surface area contributed by atoms with E-state index in [0.717, 1.165) is 12.7 Å². The molecule has 0 aromatic heterocycles. The molecule has 1 unspecified atom stereocenters. The van der Waals surface area contributed by atoms with Crippen LogP contribution in [0, 0.1) is 0 Å². The molecule has 5 nitrogen and oxygen atoms in total. The molecular weight excluding hydrogens is 220 g/mol. The summed E-state index contributed by atoms with van der Waals surface area (Å²) in [7, 11) is 0. The fraction of sp³-hybridized carbons (Fsp3) is 0.667. The van der Waals surface area contributed by atoms with Gasteiger partial charge in [-0.2, -0.15) is 0 Å². The summed E-state index contributed by atoms with van der Waals surface area (Å²) in [6.45, 7) is 7.35. The largest absolute Gasteiger partial charge is 0.443 e. The maximum absolute atomic E-state index is 11.3. The first-order chi connectivity index (χ1) is 7.89. The van der Waals surface area contributed by atoms with Gasteiger partial charge in [0.2, 0.25) is 0 Å². The molecule has 0 saturated heterocycles. The molecule has 5 heteroatoms. The number of carbonyl (C=O) groups excluding carboxylic acids is 2. The third-order valence-corrected chi connectivity index (χ3v) is 1.71. The monoisotopic (exact) mass is 242 g/mol. The number of nitrogens with one attached hydrogen (secondary N) is 2. The van der Waals surface area contributed by atoms with Crippen molar-refractivity contribution in [2.45, 2.75) is 52.2 Å². The second-order valence-electron chi connectivity index (χ2n) is 4.62. The van der Waals surface area contributed by atoms with Crippen LogP contribution in [0.1, 0.15) is 40.5 Å². The summed E-state index contributed by atoms with van der Waals surface area (Å²) < 4.78 is 5.05. The highest BCUT2D eigenvalue weighted by molar-refractivity contribution is 5.67. The third-order valence-electron chi connectivity index (χ3n) is 1.71. The Bertz CT molecular complexity index is 269. The molecular formula is C12H22N2O3. The number of hydrogen-bond donors (Lipinski definition) is 2. The van der Waals surface area contributed by atoms with Crippen LogP contribution >= 0.6 is 0 Å². The highest BCUT2D eigenvalue weighted by Crippen LogP contribution is 2.06. The smallest absolute Gasteiger partial charge is 0.422 e. The van der Waals surface area contributed by atoms with Crippen LogP contribution in [0.5, 0.6) is 0 Å². The zero-order valence-corrected chi connectivity index (χ0v) is 10.9. The normalized spacial score (nSPS) is 13.4. The van der Waals surface area contributed by atoms with Crippen molar-refractivity contribution in [2.24, 2.45) is 0 Å². The van der Waals surface area contributed by atoms with Gasteiger partial charge in [-0.05, 0) is 27.2 Å². The van der Waals surface area contributed by atoms with Gasteiger partial charge in [-0.3, -0.25) is 5.43 Å². The van der Waals surface area contributed by atoms with Crippen LogP contribution in [0.25, 0.3) is 0 Å². The van der Waals surface area contributed by atoms with Gasteiger partial charge in [-0.1, -0.05) is 19.1 Å². The van der Waals surface area contributed by atoms with Crippen LogP contribution in [0.3, 0.4) is 0 Å². The van der Waals surface area contributed by atoms with Gasteiger partial charge >= 0.3 is 6.09 Å². The number of rotatable bonds is 6. The highest BCUT2D eigenvalue weighted by atomic mass is 16.6. The SMILES string of the molecule is CCC=CC(CC=O)NNC(=O)OC(C)(C)C. The average Bonchev–Trinajstić information content (AvgIpc) is 2.19. The van der Waals surface area contributed by atoms with Crippen molar-refractivity contribution < 1.29 is 14.3 Å². The lowest BCUT2D eigenvalue weighted by molar-refractivity contribution is -0.108. The van der Waals surface area contributed by atoms with Gasteiger partial charge in [0.25, 0.3) is 0 Å². The molecule has 0 aromatic carbocycles. The first-order valence-electron chi connectivity index (χ1n) is 5.74. The van der Waals surface area contributed by atoms with E-state index >= 15 is 0 Å². The number of hydrazine groups is 1. The summed E-state index contributed by atoms with van der Waals surface area (Å²) in [5, 5.41) is 0. The molecule has 98 valence electrons. The van der Waals surface area contributed by atoms with Gasteiger partial charge in [-0.25, -0.2) is 10.2 Å². The van der Waals surface area contributed by atoms with Crippen molar-refractivity contribution in [1.82, 2.24) is 10.9 Å². The van der Waals surface area contributed by atoms with E-state index in [0.29, 0.717) is 6.42 Å². The quantitative estimate of drug-likeness (QED) is 0.424. The zero-order chi connectivity index (χ0) is 13.3. The van der Waals surface area contributed by atoms with Crippen LogP contribution in [0.2, 0.25) is 0 Å². The maximum atomic E-state index is 11.3. The maximum Gasteiger partial charge on any atom is 0.422 e. The molecule has 0 radical (unpaired) electrons. The first kappa shape index (κ1) is 15.6. The van der Waals surface area contributed by atoms with Crippen LogP contribution in [0.4, 0.5) is 4.79 Å². The summed E-state index contributed by atoms with van der Waals surface area (Å²) >= 11 is 0. The summed E-state index contributed by atoms with van der Waals surface area (Å²) in [5.74, 6) is 0. The average molecular weight is 242 g/mol. The van der Waals surface area contributed by atoms with Gasteiger partial charge in [0, 0.05) is 6.42 Å². The molecule has 0 heterocycles. The second kappa shape index (κ2) is 7.84. The molecule has 0 aliphatic carbocycles. The van der Waals surface area contributed by atoms with Gasteiger partial charge in [0.05, 0.1) is 6.04 Å². The minimum atomic E-state index is -0.557. The predicted octanol–water partition coefficient (Wildman–Crippen LogP) is 1.94. The lowest BCUT2D eigenvalue weighted by atomic mass is 10.2. The van der Waals surface area contributed by atoms with E-state index in [2.05, 4.69) is 10.9 Å². The second-order valence-corrected chi connectivity index (χ2v) is 4.62. The molecule has 0 saturated carbocycles. The highest BCUT2D eigenvalue weighted by Gasteiger charge is 2.16. The van der Waals surface area contributed by atoms with Crippen molar-refractivity contribution >= 4 is 12.4 Å². The van der Waals surface area contributed by atoms with Gasteiger partial charge in [-0.15, -0.1) is 0 Å². The van der Waals surface area contributed by atoms with E-state index in [1.807, 2.05) is 19.1 Å². The fourth-order valence-electron chi connectivity index (χ4n) is 1.04. The Morgan fingerprint density at radius 2 is 2.06 bits per heavy atom. The molecule has 0 spiro atoms. The Balaban J connectivity index is 4.07. The van der Waals surface area contributed by atoms with Crippen LogP contribution in [-0.4, -0.2) is 24.0 Å². The van der Waals surface area contributed by atoms with Gasteiger partial charge in [0.1, 0.15) is 11.9 Å². The molecule has 2 N–H and O–H groups in total. The molecule has 17 heavy (non-hydrogen) atoms. The molecule has 0 aliphatic rings. The Kier molecular flexibility index (Phi) is 7.21. The van der Waals surface area contributed by atoms with Crippen molar-refractivity contribution in [3.05, 3.63) is 12.2 Å². The third kappa shape index (κ3) is 9.56. The van der Waals surface area contributed by atoms with E-state index in [4.69, 9.17) is 4.74 Å². The van der Waals surface area contributed by atoms with Crippen molar-refractivity contribution in [3.63, 3.8) is 0 Å². The summed E-state index contributed by atoms with van der Waals surface area (Å²) in [6, 6.07) is -0.208. The van der Waals surface area contributed by atoms with Crippen molar-refractivity contribution in [1.29, 1.82) is 0 Å². The number of aldehydes is 1. The van der Waals surface area contributed by atoms with E-state index in [1.165, 1.54) is 0 Å². The number of carbonyl (C=O) groups is 2. The number of hydrogen-bond acceptors (Lipinski definition) is 4. The lowest BCUT2D eigenvalue weighted by Crippen LogP contribution is -2.45. The minimum Gasteiger partial charge on any atom is -0.443 e. The minimum absolute atomic E-state index is 0.208. The Hall–Kier alpha value is -1.36. The number of amides is 1. The Labute approximate surface area is 103 Å². The molecule has 1 amide bonds. The summed E-state index contributed by atoms with van der Waals surface area (Å²) in [4.78, 5) is 21.8. The van der Waals surface area contributed by atoms with E-state index < -0.39 is 11.7 Å².